The van der Waals surface area contributed by atoms with Gasteiger partial charge in [0, 0.05) is 17.1 Å². The van der Waals surface area contributed by atoms with E-state index in [0.717, 1.165) is 16.5 Å². The molecule has 4 nitrogen and oxygen atoms in total. The lowest BCUT2D eigenvalue weighted by Gasteiger charge is -2.00. The van der Waals surface area contributed by atoms with Gasteiger partial charge in [-0.1, -0.05) is 12.1 Å². The van der Waals surface area contributed by atoms with E-state index < -0.39 is 0 Å². The first-order valence-corrected chi connectivity index (χ1v) is 4.55. The summed E-state index contributed by atoms with van der Waals surface area (Å²) in [5.41, 5.74) is 1.84. The molecule has 2 heterocycles. The van der Waals surface area contributed by atoms with E-state index in [2.05, 4.69) is 15.2 Å². The van der Waals surface area contributed by atoms with Crippen molar-refractivity contribution in [2.45, 2.75) is 0 Å². The van der Waals surface area contributed by atoms with Gasteiger partial charge in [-0.25, -0.2) is 0 Å². The van der Waals surface area contributed by atoms with Crippen molar-refractivity contribution in [1.82, 2.24) is 15.2 Å². The largest absolute Gasteiger partial charge is 0.423 e. The Labute approximate surface area is 85.6 Å². The van der Waals surface area contributed by atoms with Crippen molar-refractivity contribution in [3.05, 3.63) is 42.9 Å². The molecule has 72 valence electrons. The molecule has 0 aliphatic carbocycles. The number of nitrogens with zero attached hydrogens (tertiary/aromatic N) is 3. The van der Waals surface area contributed by atoms with Crippen LogP contribution in [-0.2, 0) is 0 Å². The predicted molar refractivity (Wildman–Crippen MR) is 55.0 cm³/mol. The smallest absolute Gasteiger partial charge is 0.248 e. The van der Waals surface area contributed by atoms with Crippen LogP contribution in [0.1, 0.15) is 0 Å². The fourth-order valence-corrected chi connectivity index (χ4v) is 1.58. The molecule has 4 heteroatoms. The fraction of sp³-hybridized carbons (Fsp3) is 0. The Morgan fingerprint density at radius 3 is 2.93 bits per heavy atom. The Kier molecular flexibility index (Phi) is 1.71. The molecule has 0 fully saturated rings. The Morgan fingerprint density at radius 2 is 2.07 bits per heavy atom. The summed E-state index contributed by atoms with van der Waals surface area (Å²) in [7, 11) is 0. The highest BCUT2D eigenvalue weighted by Gasteiger charge is 2.07. The maximum Gasteiger partial charge on any atom is 0.248 e. The van der Waals surface area contributed by atoms with Crippen LogP contribution in [-0.4, -0.2) is 15.2 Å². The molecular weight excluding hydrogens is 190 g/mol. The Hall–Kier alpha value is -2.23. The van der Waals surface area contributed by atoms with Crippen LogP contribution >= 0.6 is 0 Å². The van der Waals surface area contributed by atoms with Crippen molar-refractivity contribution in [3.8, 4) is 11.5 Å². The molecule has 0 atom stereocenters. The Morgan fingerprint density at radius 1 is 1.07 bits per heavy atom. The van der Waals surface area contributed by atoms with E-state index in [-0.39, 0.29) is 0 Å². The summed E-state index contributed by atoms with van der Waals surface area (Å²) in [6.45, 7) is 0. The lowest BCUT2D eigenvalue weighted by molar-refractivity contribution is 0.569. The zero-order valence-electron chi connectivity index (χ0n) is 7.79. The quantitative estimate of drug-likeness (QED) is 0.600. The molecule has 0 aliphatic rings. The van der Waals surface area contributed by atoms with E-state index >= 15 is 0 Å². The number of fused-ring (bicyclic) bond motifs is 1. The summed E-state index contributed by atoms with van der Waals surface area (Å²) < 4.78 is 5.18. The molecule has 1 aromatic carbocycles. The second-order valence-corrected chi connectivity index (χ2v) is 3.12. The zero-order valence-corrected chi connectivity index (χ0v) is 7.79. The lowest BCUT2D eigenvalue weighted by atomic mass is 10.1. The minimum atomic E-state index is 0.522. The first-order valence-electron chi connectivity index (χ1n) is 4.55. The molecule has 0 bridgehead atoms. The van der Waals surface area contributed by atoms with Gasteiger partial charge in [0.1, 0.15) is 0 Å². The fourth-order valence-electron chi connectivity index (χ4n) is 1.58. The number of hydrogen-bond acceptors (Lipinski definition) is 4. The molecular formula is C11H7N3O. The second-order valence-electron chi connectivity index (χ2n) is 3.12. The van der Waals surface area contributed by atoms with Gasteiger partial charge in [0.25, 0.3) is 0 Å². The van der Waals surface area contributed by atoms with Crippen molar-refractivity contribution in [3.63, 3.8) is 0 Å². The predicted octanol–water partition coefficient (Wildman–Crippen LogP) is 2.28. The molecule has 0 saturated carbocycles. The summed E-state index contributed by atoms with van der Waals surface area (Å²) in [4.78, 5) is 4.26. The highest BCUT2D eigenvalue weighted by Crippen LogP contribution is 2.25. The second kappa shape index (κ2) is 3.16. The highest BCUT2D eigenvalue weighted by molar-refractivity contribution is 5.92. The van der Waals surface area contributed by atoms with Crippen LogP contribution in [0.15, 0.2) is 47.3 Å². The molecule has 3 rings (SSSR count). The van der Waals surface area contributed by atoms with Crippen molar-refractivity contribution < 1.29 is 4.42 Å². The third kappa shape index (κ3) is 1.27. The van der Waals surface area contributed by atoms with Gasteiger partial charge < -0.3 is 4.42 Å². The molecule has 15 heavy (non-hydrogen) atoms. The maximum atomic E-state index is 5.18. The summed E-state index contributed by atoms with van der Waals surface area (Å²) in [6, 6.07) is 9.70. The van der Waals surface area contributed by atoms with Crippen LogP contribution < -0.4 is 0 Å². The van der Waals surface area contributed by atoms with E-state index in [9.17, 15) is 0 Å². The van der Waals surface area contributed by atoms with Crippen LogP contribution in [0, 0.1) is 0 Å². The van der Waals surface area contributed by atoms with Gasteiger partial charge in [-0.2, -0.15) is 0 Å². The van der Waals surface area contributed by atoms with Crippen LogP contribution in [0.2, 0.25) is 0 Å². The average molecular weight is 197 g/mol. The van der Waals surface area contributed by atoms with Crippen molar-refractivity contribution in [2.75, 3.05) is 0 Å². The number of pyridine rings is 1. The van der Waals surface area contributed by atoms with E-state index in [1.54, 1.807) is 6.20 Å². The minimum absolute atomic E-state index is 0.522. The summed E-state index contributed by atoms with van der Waals surface area (Å²) in [5.74, 6) is 0.522. The van der Waals surface area contributed by atoms with Crippen LogP contribution in [0.5, 0.6) is 0 Å². The van der Waals surface area contributed by atoms with Gasteiger partial charge in [-0.05, 0) is 18.2 Å². The average Bonchev–Trinajstić information content (AvgIpc) is 2.82. The maximum absolute atomic E-state index is 5.18. The van der Waals surface area contributed by atoms with Crippen LogP contribution in [0.4, 0.5) is 0 Å². The van der Waals surface area contributed by atoms with E-state index in [4.69, 9.17) is 4.42 Å². The van der Waals surface area contributed by atoms with Gasteiger partial charge in [0.15, 0.2) is 0 Å². The first kappa shape index (κ1) is 8.11. The molecule has 0 unspecified atom stereocenters. The normalized spacial score (nSPS) is 10.7. The van der Waals surface area contributed by atoms with Crippen molar-refractivity contribution in [2.24, 2.45) is 0 Å². The Balaban J connectivity index is 2.36. The van der Waals surface area contributed by atoms with E-state index in [1.165, 1.54) is 6.39 Å². The van der Waals surface area contributed by atoms with E-state index in [0.29, 0.717) is 5.89 Å². The highest BCUT2D eigenvalue weighted by atomic mass is 16.4. The Bertz CT molecular complexity index is 584. The zero-order chi connectivity index (χ0) is 10.1. The third-order valence-corrected chi connectivity index (χ3v) is 2.24. The van der Waals surface area contributed by atoms with Crippen LogP contribution in [0.3, 0.4) is 0 Å². The number of aromatic nitrogens is 3. The van der Waals surface area contributed by atoms with Crippen molar-refractivity contribution >= 4 is 10.9 Å². The molecule has 0 spiro atoms. The van der Waals surface area contributed by atoms with Crippen molar-refractivity contribution in [1.29, 1.82) is 0 Å². The standard InChI is InChI=1S/C11H7N3O/c1-3-9(11-14-13-7-15-11)8-4-2-6-12-10(8)5-1/h1-7H. The van der Waals surface area contributed by atoms with Crippen LogP contribution in [0.25, 0.3) is 22.4 Å². The molecule has 3 aromatic rings. The molecule has 2 aromatic heterocycles. The summed E-state index contributed by atoms with van der Waals surface area (Å²) in [5, 5.41) is 8.58. The molecule has 0 saturated heterocycles. The molecule has 0 aliphatic heterocycles. The van der Waals surface area contributed by atoms with E-state index in [1.807, 2.05) is 30.3 Å². The van der Waals surface area contributed by atoms with Gasteiger partial charge in [-0.3, -0.25) is 4.98 Å². The third-order valence-electron chi connectivity index (χ3n) is 2.24. The SMILES string of the molecule is c1cc(-c2nnco2)c2cccnc2c1. The molecule has 0 amide bonds. The number of benzene rings is 1. The van der Waals surface area contributed by atoms with Gasteiger partial charge in [0.2, 0.25) is 12.3 Å². The topological polar surface area (TPSA) is 51.8 Å². The molecule has 0 radical (unpaired) electrons. The lowest BCUT2D eigenvalue weighted by Crippen LogP contribution is -1.83. The minimum Gasteiger partial charge on any atom is -0.423 e. The summed E-state index contributed by atoms with van der Waals surface area (Å²) in [6.07, 6.45) is 3.09. The van der Waals surface area contributed by atoms with Gasteiger partial charge >= 0.3 is 0 Å². The summed E-state index contributed by atoms with van der Waals surface area (Å²) >= 11 is 0. The number of rotatable bonds is 1. The first-order chi connectivity index (χ1) is 7.45. The number of hydrogen-bond donors (Lipinski definition) is 0. The van der Waals surface area contributed by atoms with Gasteiger partial charge in [0.05, 0.1) is 5.52 Å². The van der Waals surface area contributed by atoms with Gasteiger partial charge in [-0.15, -0.1) is 10.2 Å². The monoisotopic (exact) mass is 197 g/mol. The molecule has 0 N–H and O–H groups in total.